The fraction of sp³-hybridized carbons (Fsp3) is 0.333. The number of aliphatic carboxylic acids is 1. The number of carbonyl (C=O) groups excluding carboxylic acids is 3. The number of hydrogen-bond donors (Lipinski definition) is 1. The molecule has 0 saturated carbocycles. The minimum atomic E-state index is -1.46. The summed E-state index contributed by atoms with van der Waals surface area (Å²) < 4.78 is 0. The molecule has 0 unspecified atom stereocenters. The third-order valence-corrected chi connectivity index (χ3v) is 5.92. The van der Waals surface area contributed by atoms with Crippen molar-refractivity contribution < 1.29 is 53.9 Å². The van der Waals surface area contributed by atoms with Gasteiger partial charge in [-0.2, -0.15) is 0 Å². The minimum absolute atomic E-state index is 0. The van der Waals surface area contributed by atoms with Gasteiger partial charge in [0.15, 0.2) is 0 Å². The smallest absolute Gasteiger partial charge is 0.543 e. The van der Waals surface area contributed by atoms with E-state index in [0.29, 0.717) is 11.3 Å². The van der Waals surface area contributed by atoms with Gasteiger partial charge < -0.3 is 20.1 Å². The van der Waals surface area contributed by atoms with Crippen molar-refractivity contribution in [3.63, 3.8) is 0 Å². The fourth-order valence-corrected chi connectivity index (χ4v) is 4.64. The molecule has 0 aromatic carbocycles. The van der Waals surface area contributed by atoms with Crippen molar-refractivity contribution in [1.29, 1.82) is 0 Å². The fourth-order valence-electron chi connectivity index (χ4n) is 2.64. The molecule has 2 aliphatic heterocycles. The van der Waals surface area contributed by atoms with Crippen LogP contribution in [0.15, 0.2) is 33.9 Å². The summed E-state index contributed by atoms with van der Waals surface area (Å²) in [6, 6.07) is 2.95. The Labute approximate surface area is 179 Å². The van der Waals surface area contributed by atoms with Gasteiger partial charge in [0.2, 0.25) is 5.91 Å². The van der Waals surface area contributed by atoms with E-state index in [1.807, 2.05) is 17.5 Å². The molecule has 0 radical (unpaired) electrons. The Kier molecular flexibility index (Phi) is 7.30. The zero-order chi connectivity index (χ0) is 18.0. The van der Waals surface area contributed by atoms with Gasteiger partial charge in [-0.3, -0.25) is 14.5 Å². The first kappa shape index (κ1) is 21.0. The summed E-state index contributed by atoms with van der Waals surface area (Å²) in [4.78, 5) is 42.5. The van der Waals surface area contributed by atoms with Gasteiger partial charge in [0, 0.05) is 16.2 Å². The van der Waals surface area contributed by atoms with E-state index < -0.39 is 23.3 Å². The number of oxime groups is 1. The Bertz CT molecular complexity index is 765. The molecule has 3 rings (SSSR count). The Morgan fingerprint density at radius 1 is 1.54 bits per heavy atom. The third kappa shape index (κ3) is 4.15. The number of thioether (sulfide) groups is 1. The predicted molar refractivity (Wildman–Crippen MR) is 90.6 cm³/mol. The molecule has 1 aromatic heterocycles. The van der Waals surface area contributed by atoms with Gasteiger partial charge in [0.05, 0.1) is 24.3 Å². The first-order valence-electron chi connectivity index (χ1n) is 7.30. The van der Waals surface area contributed by atoms with Crippen LogP contribution in [0.2, 0.25) is 0 Å². The van der Waals surface area contributed by atoms with Gasteiger partial charge >= 0.3 is 29.6 Å². The van der Waals surface area contributed by atoms with Gasteiger partial charge in [0.1, 0.15) is 18.5 Å². The Balaban J connectivity index is 0.00000243. The molecule has 3 heterocycles. The van der Waals surface area contributed by atoms with E-state index in [2.05, 4.69) is 15.3 Å². The molecule has 0 spiro atoms. The number of carboxylic acids is 1. The van der Waals surface area contributed by atoms with Crippen molar-refractivity contribution in [3.05, 3.63) is 33.7 Å². The summed E-state index contributed by atoms with van der Waals surface area (Å²) in [6.45, 7) is 0. The standard InChI is InChI=1S/C15H15N3O5S2.Na/c1-23-16-6-8-7-25-14-11(13(20)18(14)12(8)15(21)22)17-10(19)5-9-3-2-4-24-9;/h2-4,6,11,14H,5,7H2,1H3,(H,17,19)(H,21,22);/q;+1/p-1/b16-6+;/t11-,14-;/m1./s1. The van der Waals surface area contributed by atoms with E-state index in [9.17, 15) is 19.5 Å². The van der Waals surface area contributed by atoms with Crippen LogP contribution in [0, 0.1) is 0 Å². The molecule has 2 atom stereocenters. The second-order valence-electron chi connectivity index (χ2n) is 5.29. The molecule has 2 aliphatic rings. The zero-order valence-corrected chi connectivity index (χ0v) is 17.8. The minimum Gasteiger partial charge on any atom is -0.543 e. The summed E-state index contributed by atoms with van der Waals surface area (Å²) in [5.41, 5.74) is 0.109. The van der Waals surface area contributed by atoms with Crippen LogP contribution in [0.3, 0.4) is 0 Å². The largest absolute Gasteiger partial charge is 1.00 e. The molecular weight excluding hydrogens is 389 g/mol. The van der Waals surface area contributed by atoms with E-state index >= 15 is 0 Å². The summed E-state index contributed by atoms with van der Waals surface area (Å²) in [5.74, 6) is -1.88. The molecule has 1 saturated heterocycles. The van der Waals surface area contributed by atoms with Gasteiger partial charge in [-0.05, 0) is 11.4 Å². The molecule has 8 nitrogen and oxygen atoms in total. The number of hydrogen-bond acceptors (Lipinski definition) is 8. The maximum Gasteiger partial charge on any atom is 1.00 e. The van der Waals surface area contributed by atoms with E-state index in [-0.39, 0.29) is 47.6 Å². The van der Waals surface area contributed by atoms with Crippen LogP contribution < -0.4 is 40.0 Å². The molecule has 26 heavy (non-hydrogen) atoms. The zero-order valence-electron chi connectivity index (χ0n) is 14.1. The number of nitrogens with zero attached hydrogens (tertiary/aromatic N) is 2. The van der Waals surface area contributed by atoms with E-state index in [0.717, 1.165) is 9.78 Å². The Hall–Kier alpha value is -1.33. The van der Waals surface area contributed by atoms with Crippen LogP contribution in [0.25, 0.3) is 0 Å². The third-order valence-electron chi connectivity index (χ3n) is 3.74. The Morgan fingerprint density at radius 3 is 2.92 bits per heavy atom. The number of β-lactam (4-membered cyclic amide) rings is 1. The van der Waals surface area contributed by atoms with Gasteiger partial charge in [-0.15, -0.1) is 23.1 Å². The molecular formula is C15H14N3NaO5S2. The summed E-state index contributed by atoms with van der Waals surface area (Å²) in [6.07, 6.45) is 1.44. The SMILES string of the molecule is CO/N=C/C1=C(C(=O)[O-])N2C(=O)[C@@H](NC(=O)Cc3cccs3)[C@H]2SC1.[Na+]. The predicted octanol–water partition coefficient (Wildman–Crippen LogP) is -3.67. The van der Waals surface area contributed by atoms with Gasteiger partial charge in [0.25, 0.3) is 5.91 Å². The molecule has 2 amide bonds. The quantitative estimate of drug-likeness (QED) is 0.227. The van der Waals surface area contributed by atoms with Crippen molar-refractivity contribution in [3.8, 4) is 0 Å². The summed E-state index contributed by atoms with van der Waals surface area (Å²) >= 11 is 2.81. The monoisotopic (exact) mass is 403 g/mol. The van der Waals surface area contributed by atoms with Crippen molar-refractivity contribution in [2.24, 2.45) is 5.16 Å². The van der Waals surface area contributed by atoms with Crippen LogP contribution in [0.4, 0.5) is 0 Å². The number of nitrogens with one attached hydrogen (secondary N) is 1. The van der Waals surface area contributed by atoms with E-state index in [1.165, 1.54) is 36.4 Å². The van der Waals surface area contributed by atoms with Crippen molar-refractivity contribution in [2.45, 2.75) is 17.8 Å². The molecule has 132 valence electrons. The molecule has 0 aliphatic carbocycles. The van der Waals surface area contributed by atoms with Crippen LogP contribution in [-0.4, -0.2) is 53.2 Å². The molecule has 11 heteroatoms. The number of thiophene rings is 1. The van der Waals surface area contributed by atoms with Crippen LogP contribution in [0.5, 0.6) is 0 Å². The van der Waals surface area contributed by atoms with Gasteiger partial charge in [-0.25, -0.2) is 0 Å². The van der Waals surface area contributed by atoms with Gasteiger partial charge in [-0.1, -0.05) is 11.2 Å². The van der Waals surface area contributed by atoms with Crippen molar-refractivity contribution >= 4 is 47.1 Å². The van der Waals surface area contributed by atoms with Crippen LogP contribution >= 0.6 is 23.1 Å². The first-order valence-corrected chi connectivity index (χ1v) is 9.23. The maximum atomic E-state index is 12.4. The first-order chi connectivity index (χ1) is 12.0. The second kappa shape index (κ2) is 9.05. The molecule has 1 aromatic rings. The average molecular weight is 403 g/mol. The number of carbonyl (C=O) groups is 3. The normalized spacial score (nSPS) is 21.7. The number of carboxylic acid groups (broad SMARTS) is 1. The molecule has 1 fully saturated rings. The van der Waals surface area contributed by atoms with Crippen molar-refractivity contribution in [2.75, 3.05) is 12.9 Å². The number of amides is 2. The van der Waals surface area contributed by atoms with Crippen LogP contribution in [-0.2, 0) is 25.6 Å². The summed E-state index contributed by atoms with van der Waals surface area (Å²) in [7, 11) is 1.34. The average Bonchev–Trinajstić information content (AvgIpc) is 3.09. The van der Waals surface area contributed by atoms with E-state index in [1.54, 1.807) is 0 Å². The maximum absolute atomic E-state index is 12.4. The second-order valence-corrected chi connectivity index (χ2v) is 7.43. The van der Waals surface area contributed by atoms with Crippen LogP contribution in [0.1, 0.15) is 4.88 Å². The van der Waals surface area contributed by atoms with Crippen molar-refractivity contribution in [1.82, 2.24) is 10.2 Å². The molecule has 0 bridgehead atoms. The molecule has 1 N–H and O–H groups in total. The van der Waals surface area contributed by atoms with E-state index in [4.69, 9.17) is 0 Å². The Morgan fingerprint density at radius 2 is 2.31 bits per heavy atom. The summed E-state index contributed by atoms with van der Waals surface area (Å²) in [5, 5.41) is 19.1. The topological polar surface area (TPSA) is 111 Å². The number of fused-ring (bicyclic) bond motifs is 1. The number of rotatable bonds is 6.